The fourth-order valence-electron chi connectivity index (χ4n) is 10.5. The first-order valence-corrected chi connectivity index (χ1v) is 25.5. The van der Waals surface area contributed by atoms with E-state index in [4.69, 9.17) is 32.9 Å². The van der Waals surface area contributed by atoms with E-state index in [0.29, 0.717) is 63.2 Å². The van der Waals surface area contributed by atoms with Crippen molar-refractivity contribution in [1.82, 2.24) is 0 Å². The number of rotatable bonds is 4. The zero-order valence-corrected chi connectivity index (χ0v) is 44.0. The lowest BCUT2D eigenvalue weighted by molar-refractivity contribution is -0.661. The molecule has 0 atom stereocenters. The van der Waals surface area contributed by atoms with E-state index in [1.54, 1.807) is 116 Å². The highest BCUT2D eigenvalue weighted by Crippen LogP contribution is 2.34. The predicted octanol–water partition coefficient (Wildman–Crippen LogP) is 15.2. The van der Waals surface area contributed by atoms with Crippen LogP contribution in [0, 0.1) is 55.1 Å². The van der Waals surface area contributed by atoms with Crippen LogP contribution in [-0.4, -0.2) is 0 Å². The molecule has 0 saturated carbocycles. The monoisotopic (exact) mass is 1040 g/mol. The highest BCUT2D eigenvalue weighted by atomic mass is 14.9. The van der Waals surface area contributed by atoms with Crippen LogP contribution in [0.2, 0.25) is 0 Å². The van der Waals surface area contributed by atoms with Crippen molar-refractivity contribution >= 4 is 0 Å². The third kappa shape index (κ3) is 12.7. The molecule has 0 fully saturated rings. The van der Waals surface area contributed by atoms with Gasteiger partial charge in [0.15, 0.2) is 24.8 Å². The third-order valence-electron chi connectivity index (χ3n) is 14.3. The molecule has 4 aliphatic rings. The Labute approximate surface area is 493 Å². The van der Waals surface area contributed by atoms with Crippen LogP contribution in [0.3, 0.4) is 0 Å². The average molecular weight is 1040 g/mol. The second-order valence-electron chi connectivity index (χ2n) is 19.8. The van der Waals surface area contributed by atoms with Crippen LogP contribution >= 0.6 is 0 Å². The summed E-state index contributed by atoms with van der Waals surface area (Å²) < 4.78 is 198. The van der Waals surface area contributed by atoms with Gasteiger partial charge in [-0.15, -0.1) is 0 Å². The molecule has 4 nitrogen and oxygen atoms in total. The largest absolute Gasteiger partial charge is 0.216 e. The van der Waals surface area contributed by atoms with E-state index in [9.17, 15) is 0 Å². The molecular formula is C72H92N4+4. The lowest BCUT2D eigenvalue weighted by atomic mass is 9.87. The van der Waals surface area contributed by atoms with E-state index in [1.807, 2.05) is 73.7 Å². The Morgan fingerprint density at radius 3 is 1.14 bits per heavy atom. The highest BCUT2D eigenvalue weighted by Gasteiger charge is 2.26. The van der Waals surface area contributed by atoms with Crippen LogP contribution in [-0.2, 0) is 79.3 Å². The van der Waals surface area contributed by atoms with Crippen LogP contribution in [0.5, 0.6) is 0 Å². The van der Waals surface area contributed by atoms with Gasteiger partial charge in [0, 0.05) is 102 Å². The van der Waals surface area contributed by atoms with Gasteiger partial charge in [0.05, 0.1) is 0 Å². The maximum Gasteiger partial charge on any atom is 0.216 e. The molecule has 4 aromatic carbocycles. The normalized spacial score (nSPS) is 22.9. The first kappa shape index (κ1) is 32.9. The van der Waals surface area contributed by atoms with Crippen molar-refractivity contribution in [2.24, 2.45) is 28.2 Å². The molecule has 0 spiro atoms. The maximum absolute atomic E-state index is 8.48. The number of hydrogen-bond donors (Lipinski definition) is 0. The zero-order valence-electron chi connectivity index (χ0n) is 68.0. The van der Waals surface area contributed by atoms with Crippen LogP contribution < -0.4 is 18.3 Å². The number of aromatic nitrogens is 4. The Morgan fingerprint density at radius 1 is 0.355 bits per heavy atom. The summed E-state index contributed by atoms with van der Waals surface area (Å²) in [4.78, 5) is 0. The van der Waals surface area contributed by atoms with Crippen molar-refractivity contribution < 1.29 is 51.2 Å². The molecule has 4 aliphatic carbocycles. The van der Waals surface area contributed by atoms with Crippen LogP contribution in [0.1, 0.15) is 175 Å². The lowest BCUT2D eigenvalue weighted by Gasteiger charge is -2.18. The van der Waals surface area contributed by atoms with Gasteiger partial charge in [-0.3, -0.25) is 0 Å². The topological polar surface area (TPSA) is 15.5 Å². The van der Waals surface area contributed by atoms with E-state index in [0.717, 1.165) is 91.8 Å². The molecule has 0 unspecified atom stereocenters. The SMILES string of the molecule is C.C.[2H]C([2H])([2H])c1ccc(-c2c3c(cc[n+]2C)C([2H])([2H])CC3([2H])[2H])c(C)c1.[2H]C([2H])([2H])c1ccc(-c2c3c(cc[n+]2C)C([2H])([2H])CCC3([2H])[2H])c(C)c1.[2H]C([2H])([2H])c1ccc(-c2cc3c(c[n+]2C)CCC3([2H])[2H])c(C)c1.[2H]C([2H])([2H])c1ccc(-c2cc3c(c[n+]2C)CCCC3([2H])[2H])c(C)c1. The summed E-state index contributed by atoms with van der Waals surface area (Å²) in [5, 5.41) is 0. The number of aryl methyl sites for hydroxylation is 18. The molecule has 396 valence electrons. The van der Waals surface area contributed by atoms with Gasteiger partial charge in [-0.2, -0.15) is 0 Å². The van der Waals surface area contributed by atoms with E-state index >= 15 is 0 Å². The van der Waals surface area contributed by atoms with Gasteiger partial charge in [-0.1, -0.05) is 85.6 Å². The van der Waals surface area contributed by atoms with Crippen molar-refractivity contribution in [2.45, 2.75) is 160 Å². The summed E-state index contributed by atoms with van der Waals surface area (Å²) in [5.74, 6) is 0. The van der Waals surface area contributed by atoms with E-state index in [1.165, 1.54) is 6.07 Å². The van der Waals surface area contributed by atoms with E-state index < -0.39 is 65.6 Å². The van der Waals surface area contributed by atoms with Crippen molar-refractivity contribution in [3.05, 3.63) is 211 Å². The molecule has 4 aromatic heterocycles. The van der Waals surface area contributed by atoms with Crippen LogP contribution in [0.15, 0.2) is 122 Å². The third-order valence-corrected chi connectivity index (χ3v) is 14.3. The van der Waals surface area contributed by atoms with Crippen molar-refractivity contribution in [3.8, 4) is 45.0 Å². The molecule has 8 aromatic rings. The molecule has 4 heteroatoms. The molecular weight excluding hydrogens is 921 g/mol. The number of benzene rings is 4. The number of fused-ring (bicyclic) bond motifs is 4. The van der Waals surface area contributed by atoms with E-state index in [-0.39, 0.29) is 45.2 Å². The molecule has 0 bridgehead atoms. The predicted molar refractivity (Wildman–Crippen MR) is 321 cm³/mol. The van der Waals surface area contributed by atoms with Gasteiger partial charge in [0.1, 0.15) is 28.2 Å². The van der Waals surface area contributed by atoms with Crippen LogP contribution in [0.4, 0.5) is 0 Å². The minimum absolute atomic E-state index is 0. The molecule has 0 amide bonds. The second kappa shape index (κ2) is 25.1. The summed E-state index contributed by atoms with van der Waals surface area (Å²) >= 11 is 0. The van der Waals surface area contributed by atoms with Crippen molar-refractivity contribution in [1.29, 1.82) is 0 Å². The lowest BCUT2D eigenvalue weighted by Crippen LogP contribution is -2.33. The fourth-order valence-corrected chi connectivity index (χ4v) is 10.5. The fraction of sp³-hybridized carbons (Fsp3) is 0.389. The maximum atomic E-state index is 8.48. The van der Waals surface area contributed by atoms with Gasteiger partial charge in [0.25, 0.3) is 0 Å². The summed E-state index contributed by atoms with van der Waals surface area (Å²) in [5.41, 5.74) is 15.8. The summed E-state index contributed by atoms with van der Waals surface area (Å²) in [6.07, 6.45) is 1.74. The Morgan fingerprint density at radius 2 is 0.711 bits per heavy atom. The number of pyridine rings is 4. The van der Waals surface area contributed by atoms with E-state index in [2.05, 4.69) is 0 Å². The molecule has 76 heavy (non-hydrogen) atoms. The van der Waals surface area contributed by atoms with Gasteiger partial charge < -0.3 is 0 Å². The Kier molecular flexibility index (Phi) is 10.9. The second-order valence-corrected chi connectivity index (χ2v) is 19.8. The summed E-state index contributed by atoms with van der Waals surface area (Å²) in [6, 6.07) is 27.2. The van der Waals surface area contributed by atoms with Crippen molar-refractivity contribution in [2.75, 3.05) is 0 Å². The first-order chi connectivity index (χ1) is 44.9. The first-order valence-electron chi connectivity index (χ1n) is 37.5. The molecule has 0 radical (unpaired) electrons. The minimum atomic E-state index is -2.20. The smallest absolute Gasteiger partial charge is 0.201 e. The Hall–Kier alpha value is -6.52. The standard InChI is InChI=1S/2C18H22N.2C17H20N.2CH4/c1-13-8-9-17(14(2)10-13)18-11-15-6-4-5-7-16(15)12-19(18)3;1-13-8-9-16(14(2)12-13)18-17-7-5-4-6-15(17)10-11-19(18)3;1-12-7-8-16(13(2)9-12)17-10-14-5-4-6-15(14)11-18(17)3;1-12-7-8-15(13(2)11-12)17-16-6-4-5-14(16)9-10-18(17)3;;/h2*8-12H,4-7H2,1-3H3;2*7-11H,4-6H2,1-3H3;2*1H4/q4*+1;;/i1D3,6D2;1D3,6D2,7D2;1D3,5D2;1D3,5D2,6D2;;. The summed E-state index contributed by atoms with van der Waals surface area (Å²) in [7, 11) is 7.49. The Balaban J connectivity index is 0.000000186. The number of nitrogens with zero attached hydrogens (tertiary/aromatic N) is 4. The number of hydrogen-bond acceptors (Lipinski definition) is 0. The van der Waals surface area contributed by atoms with Crippen LogP contribution in [0.25, 0.3) is 45.0 Å². The summed E-state index contributed by atoms with van der Waals surface area (Å²) in [6.45, 7) is -1.23. The highest BCUT2D eigenvalue weighted by molar-refractivity contribution is 5.68. The van der Waals surface area contributed by atoms with Gasteiger partial charge in [0.2, 0.25) is 22.8 Å². The van der Waals surface area contributed by atoms with Gasteiger partial charge in [-0.05, 0) is 213 Å². The molecule has 4 heterocycles. The quantitative estimate of drug-likeness (QED) is 0.156. The van der Waals surface area contributed by atoms with Crippen molar-refractivity contribution in [3.63, 3.8) is 0 Å². The Bertz CT molecular complexity index is 4400. The molecule has 0 saturated heterocycles. The van der Waals surface area contributed by atoms with Gasteiger partial charge >= 0.3 is 0 Å². The zero-order chi connectivity index (χ0) is 73.0. The average Bonchev–Trinajstić information content (AvgIpc) is 1.37. The minimum Gasteiger partial charge on any atom is -0.201 e. The molecule has 12 rings (SSSR count). The molecule has 0 aliphatic heterocycles. The van der Waals surface area contributed by atoms with Gasteiger partial charge in [-0.25, -0.2) is 18.3 Å². The molecule has 0 N–H and O–H groups in total.